The van der Waals surface area contributed by atoms with Gasteiger partial charge < -0.3 is 14.6 Å². The van der Waals surface area contributed by atoms with Gasteiger partial charge >= 0.3 is 0 Å². The highest BCUT2D eigenvalue weighted by Crippen LogP contribution is 2.33. The standard InChI is InChI=1S/C17H19N5O/c1-21-10-8-18-17(21)15-13-6-2-3-7-14(13)16(20-19-15)22-9-4-5-12(22)11-23/h2-3,6-8,10,12,23H,4-5,9,11H2,1H3. The maximum absolute atomic E-state index is 9.61. The van der Waals surface area contributed by atoms with E-state index in [9.17, 15) is 5.11 Å². The van der Waals surface area contributed by atoms with E-state index in [1.165, 1.54) is 0 Å². The molecule has 0 spiro atoms. The number of hydrogen-bond donors (Lipinski definition) is 1. The monoisotopic (exact) mass is 309 g/mol. The number of imidazole rings is 1. The van der Waals surface area contributed by atoms with Crippen molar-refractivity contribution in [3.8, 4) is 11.5 Å². The van der Waals surface area contributed by atoms with Crippen LogP contribution < -0.4 is 4.90 Å². The Hall–Kier alpha value is -2.47. The van der Waals surface area contributed by atoms with Crippen molar-refractivity contribution in [1.29, 1.82) is 0 Å². The molecule has 1 atom stereocenters. The molecule has 6 heteroatoms. The van der Waals surface area contributed by atoms with Crippen LogP contribution in [0.4, 0.5) is 5.82 Å². The summed E-state index contributed by atoms with van der Waals surface area (Å²) in [5.41, 5.74) is 0.789. The van der Waals surface area contributed by atoms with E-state index < -0.39 is 0 Å². The molecule has 1 aliphatic rings. The molecule has 2 aromatic heterocycles. The number of aliphatic hydroxyl groups excluding tert-OH is 1. The molecule has 1 N–H and O–H groups in total. The summed E-state index contributed by atoms with van der Waals surface area (Å²) < 4.78 is 1.95. The molecule has 4 rings (SSSR count). The normalized spacial score (nSPS) is 18.0. The molecule has 3 aromatic rings. The van der Waals surface area contributed by atoms with Gasteiger partial charge in [-0.3, -0.25) is 0 Å². The zero-order chi connectivity index (χ0) is 15.8. The maximum atomic E-state index is 9.61. The fourth-order valence-corrected chi connectivity index (χ4v) is 3.37. The molecule has 1 aliphatic heterocycles. The molecule has 0 bridgehead atoms. The van der Waals surface area contributed by atoms with Crippen LogP contribution >= 0.6 is 0 Å². The minimum Gasteiger partial charge on any atom is -0.394 e. The zero-order valence-corrected chi connectivity index (χ0v) is 13.1. The molecule has 1 fully saturated rings. The highest BCUT2D eigenvalue weighted by molar-refractivity contribution is 5.99. The molecule has 0 saturated carbocycles. The third-order valence-electron chi connectivity index (χ3n) is 4.56. The molecular formula is C17H19N5O. The van der Waals surface area contributed by atoms with E-state index in [-0.39, 0.29) is 12.6 Å². The van der Waals surface area contributed by atoms with E-state index in [1.54, 1.807) is 6.20 Å². The molecule has 3 heterocycles. The van der Waals surface area contributed by atoms with Gasteiger partial charge in [0.05, 0.1) is 12.6 Å². The number of anilines is 1. The minimum absolute atomic E-state index is 0.131. The predicted molar refractivity (Wildman–Crippen MR) is 89.2 cm³/mol. The topological polar surface area (TPSA) is 67.1 Å². The fourth-order valence-electron chi connectivity index (χ4n) is 3.37. The maximum Gasteiger partial charge on any atom is 0.160 e. The van der Waals surface area contributed by atoms with Crippen LogP contribution in [0.25, 0.3) is 22.3 Å². The number of benzene rings is 1. The average Bonchev–Trinajstić information content (AvgIpc) is 3.22. The Kier molecular flexibility index (Phi) is 3.46. The molecule has 0 aliphatic carbocycles. The van der Waals surface area contributed by atoms with E-state index in [2.05, 4.69) is 32.2 Å². The number of nitrogens with zero attached hydrogens (tertiary/aromatic N) is 5. The summed E-state index contributed by atoms with van der Waals surface area (Å²) in [5.74, 6) is 1.66. The quantitative estimate of drug-likeness (QED) is 0.801. The molecule has 118 valence electrons. The molecule has 23 heavy (non-hydrogen) atoms. The third-order valence-corrected chi connectivity index (χ3v) is 4.56. The zero-order valence-electron chi connectivity index (χ0n) is 13.1. The Morgan fingerprint density at radius 2 is 2.04 bits per heavy atom. The van der Waals surface area contributed by atoms with Gasteiger partial charge in [-0.1, -0.05) is 24.3 Å². The molecule has 0 radical (unpaired) electrons. The van der Waals surface area contributed by atoms with Crippen LogP contribution in [0.1, 0.15) is 12.8 Å². The number of aliphatic hydroxyl groups is 1. The fraction of sp³-hybridized carbons (Fsp3) is 0.353. The Labute approximate surface area is 134 Å². The first kappa shape index (κ1) is 14.1. The molecule has 1 aromatic carbocycles. The largest absolute Gasteiger partial charge is 0.394 e. The summed E-state index contributed by atoms with van der Waals surface area (Å²) in [4.78, 5) is 6.58. The number of hydrogen-bond acceptors (Lipinski definition) is 5. The van der Waals surface area contributed by atoms with Crippen molar-refractivity contribution in [3.63, 3.8) is 0 Å². The van der Waals surface area contributed by atoms with Gasteiger partial charge in [-0.2, -0.15) is 0 Å². The Bertz CT molecular complexity index is 844. The van der Waals surface area contributed by atoms with Gasteiger partial charge in [-0.15, -0.1) is 10.2 Å². The number of rotatable bonds is 3. The van der Waals surface area contributed by atoms with Crippen LogP contribution in [0.3, 0.4) is 0 Å². The third kappa shape index (κ3) is 2.26. The number of aromatic nitrogens is 4. The van der Waals surface area contributed by atoms with Gasteiger partial charge in [0.15, 0.2) is 11.6 Å². The SMILES string of the molecule is Cn1ccnc1-c1nnc(N2CCCC2CO)c2ccccc12. The van der Waals surface area contributed by atoms with Crippen LogP contribution in [0.15, 0.2) is 36.7 Å². The average molecular weight is 309 g/mol. The summed E-state index contributed by atoms with van der Waals surface area (Å²) in [7, 11) is 1.95. The first-order valence-corrected chi connectivity index (χ1v) is 7.90. The van der Waals surface area contributed by atoms with E-state index in [0.29, 0.717) is 0 Å². The first-order chi connectivity index (χ1) is 11.3. The van der Waals surface area contributed by atoms with Crippen molar-refractivity contribution >= 4 is 16.6 Å². The lowest BCUT2D eigenvalue weighted by Gasteiger charge is -2.25. The van der Waals surface area contributed by atoms with E-state index in [0.717, 1.165) is 47.5 Å². The lowest BCUT2D eigenvalue weighted by Crippen LogP contribution is -2.33. The van der Waals surface area contributed by atoms with Crippen LogP contribution in [0.2, 0.25) is 0 Å². The molecule has 1 unspecified atom stereocenters. The van der Waals surface area contributed by atoms with Crippen molar-refractivity contribution in [2.45, 2.75) is 18.9 Å². The predicted octanol–water partition coefficient (Wildman–Crippen LogP) is 1.99. The van der Waals surface area contributed by atoms with Gasteiger partial charge in [0, 0.05) is 36.8 Å². The lowest BCUT2D eigenvalue weighted by molar-refractivity contribution is 0.266. The highest BCUT2D eigenvalue weighted by atomic mass is 16.3. The second-order valence-corrected chi connectivity index (χ2v) is 5.95. The molecular weight excluding hydrogens is 290 g/mol. The van der Waals surface area contributed by atoms with Gasteiger partial charge in [-0.05, 0) is 12.8 Å². The summed E-state index contributed by atoms with van der Waals surface area (Å²) in [6.45, 7) is 1.06. The second kappa shape index (κ2) is 5.62. The Morgan fingerprint density at radius 3 is 2.78 bits per heavy atom. The summed E-state index contributed by atoms with van der Waals surface area (Å²) in [6, 6.07) is 8.28. The minimum atomic E-state index is 0.131. The molecule has 1 saturated heterocycles. The van der Waals surface area contributed by atoms with Gasteiger partial charge in [0.25, 0.3) is 0 Å². The number of fused-ring (bicyclic) bond motifs is 1. The van der Waals surface area contributed by atoms with Crippen LogP contribution in [-0.2, 0) is 7.05 Å². The van der Waals surface area contributed by atoms with Crippen molar-refractivity contribution in [1.82, 2.24) is 19.7 Å². The smallest absolute Gasteiger partial charge is 0.160 e. The van der Waals surface area contributed by atoms with E-state index in [4.69, 9.17) is 0 Å². The molecule has 0 amide bonds. The number of aryl methyl sites for hydroxylation is 1. The summed E-state index contributed by atoms with van der Waals surface area (Å²) in [6.07, 6.45) is 5.74. The van der Waals surface area contributed by atoms with E-state index >= 15 is 0 Å². The highest BCUT2D eigenvalue weighted by Gasteiger charge is 2.27. The lowest BCUT2D eigenvalue weighted by atomic mass is 10.1. The van der Waals surface area contributed by atoms with Gasteiger partial charge in [0.2, 0.25) is 0 Å². The van der Waals surface area contributed by atoms with Gasteiger partial charge in [-0.25, -0.2) is 4.98 Å². The first-order valence-electron chi connectivity index (χ1n) is 7.90. The van der Waals surface area contributed by atoms with Gasteiger partial charge in [0.1, 0.15) is 5.69 Å². The van der Waals surface area contributed by atoms with Crippen LogP contribution in [0.5, 0.6) is 0 Å². The van der Waals surface area contributed by atoms with Crippen molar-refractivity contribution in [3.05, 3.63) is 36.7 Å². The van der Waals surface area contributed by atoms with Crippen LogP contribution in [0, 0.1) is 0 Å². The van der Waals surface area contributed by atoms with Crippen molar-refractivity contribution in [2.75, 3.05) is 18.1 Å². The summed E-state index contributed by atoms with van der Waals surface area (Å²) in [5, 5.41) is 20.7. The second-order valence-electron chi connectivity index (χ2n) is 5.95. The Morgan fingerprint density at radius 1 is 1.22 bits per heavy atom. The van der Waals surface area contributed by atoms with Crippen molar-refractivity contribution in [2.24, 2.45) is 7.05 Å². The van der Waals surface area contributed by atoms with Crippen molar-refractivity contribution < 1.29 is 5.11 Å². The Balaban J connectivity index is 1.91. The molecule has 6 nitrogen and oxygen atoms in total. The van der Waals surface area contributed by atoms with Crippen LogP contribution in [-0.4, -0.2) is 44.0 Å². The van der Waals surface area contributed by atoms with E-state index in [1.807, 2.05) is 29.9 Å². The summed E-state index contributed by atoms with van der Waals surface area (Å²) >= 11 is 0.